The number of hydrogen-bond donors (Lipinski definition) is 2. The summed E-state index contributed by atoms with van der Waals surface area (Å²) in [6, 6.07) is 12.3. The van der Waals surface area contributed by atoms with Crippen LogP contribution in [0.5, 0.6) is 5.75 Å². The second kappa shape index (κ2) is 9.51. The van der Waals surface area contributed by atoms with Crippen molar-refractivity contribution in [1.29, 1.82) is 0 Å². The summed E-state index contributed by atoms with van der Waals surface area (Å²) in [6.45, 7) is 8.33. The van der Waals surface area contributed by atoms with E-state index in [0.29, 0.717) is 23.8 Å². The molecular weight excluding hydrogens is 340 g/mol. The SMILES string of the molecule is CCCC(C)COc1ccc([C@H](C)NC(=O)[C@](C)(O)c2ccccc2)nc1. The van der Waals surface area contributed by atoms with Crippen LogP contribution in [0.15, 0.2) is 48.7 Å². The molecule has 0 radical (unpaired) electrons. The van der Waals surface area contributed by atoms with Gasteiger partial charge in [-0.15, -0.1) is 0 Å². The first-order valence-electron chi connectivity index (χ1n) is 9.52. The largest absolute Gasteiger partial charge is 0.492 e. The van der Waals surface area contributed by atoms with Gasteiger partial charge in [-0.05, 0) is 43.9 Å². The monoisotopic (exact) mass is 370 g/mol. The van der Waals surface area contributed by atoms with Crippen molar-refractivity contribution in [2.24, 2.45) is 5.92 Å². The third-order valence-corrected chi connectivity index (χ3v) is 4.64. The summed E-state index contributed by atoms with van der Waals surface area (Å²) in [5, 5.41) is 13.4. The molecule has 0 fully saturated rings. The van der Waals surface area contributed by atoms with E-state index < -0.39 is 11.5 Å². The molecule has 1 amide bonds. The number of nitrogens with zero attached hydrogens (tertiary/aromatic N) is 1. The molecule has 5 nitrogen and oxygen atoms in total. The van der Waals surface area contributed by atoms with Gasteiger partial charge in [0.25, 0.3) is 5.91 Å². The van der Waals surface area contributed by atoms with Crippen molar-refractivity contribution in [3.63, 3.8) is 0 Å². The standard InChI is InChI=1S/C22H30N2O3/c1-5-9-16(2)15-27-19-12-13-20(23-14-19)17(3)24-21(25)22(4,26)18-10-7-6-8-11-18/h6-8,10-14,16-17,26H,5,9,15H2,1-4H3,(H,24,25)/t16?,17-,22+/m0/s1. The number of carbonyl (C=O) groups is 1. The summed E-state index contributed by atoms with van der Waals surface area (Å²) in [6.07, 6.45) is 3.95. The van der Waals surface area contributed by atoms with E-state index in [1.807, 2.05) is 25.1 Å². The minimum atomic E-state index is -1.60. The summed E-state index contributed by atoms with van der Waals surface area (Å²) < 4.78 is 5.76. The number of rotatable bonds is 9. The van der Waals surface area contributed by atoms with Crippen molar-refractivity contribution in [2.45, 2.75) is 52.2 Å². The third kappa shape index (κ3) is 5.79. The number of aromatic nitrogens is 1. The second-order valence-electron chi connectivity index (χ2n) is 7.26. The molecule has 3 atom stereocenters. The van der Waals surface area contributed by atoms with Gasteiger partial charge < -0.3 is 15.2 Å². The number of carbonyl (C=O) groups excluding carboxylic acids is 1. The predicted molar refractivity (Wildman–Crippen MR) is 106 cm³/mol. The highest BCUT2D eigenvalue weighted by atomic mass is 16.5. The quantitative estimate of drug-likeness (QED) is 0.700. The molecular formula is C22H30N2O3. The molecule has 1 unspecified atom stereocenters. The molecule has 0 bridgehead atoms. The molecule has 2 rings (SSSR count). The van der Waals surface area contributed by atoms with Crippen LogP contribution in [0.25, 0.3) is 0 Å². The lowest BCUT2D eigenvalue weighted by molar-refractivity contribution is -0.139. The lowest BCUT2D eigenvalue weighted by atomic mass is 9.95. The van der Waals surface area contributed by atoms with Crippen molar-refractivity contribution in [3.8, 4) is 5.75 Å². The smallest absolute Gasteiger partial charge is 0.256 e. The van der Waals surface area contributed by atoms with E-state index in [1.54, 1.807) is 30.5 Å². The van der Waals surface area contributed by atoms with Crippen LogP contribution in [0.3, 0.4) is 0 Å². The molecule has 1 heterocycles. The van der Waals surface area contributed by atoms with Crippen LogP contribution in [0, 0.1) is 5.92 Å². The van der Waals surface area contributed by atoms with Crippen LogP contribution in [-0.4, -0.2) is 22.6 Å². The van der Waals surface area contributed by atoms with Crippen molar-refractivity contribution in [1.82, 2.24) is 10.3 Å². The Balaban J connectivity index is 1.95. The van der Waals surface area contributed by atoms with Gasteiger partial charge >= 0.3 is 0 Å². The topological polar surface area (TPSA) is 71.5 Å². The van der Waals surface area contributed by atoms with Gasteiger partial charge in [0.2, 0.25) is 0 Å². The number of amides is 1. The summed E-state index contributed by atoms with van der Waals surface area (Å²) in [5.41, 5.74) is -0.345. The van der Waals surface area contributed by atoms with E-state index in [-0.39, 0.29) is 6.04 Å². The van der Waals surface area contributed by atoms with Crippen LogP contribution >= 0.6 is 0 Å². The Morgan fingerprint density at radius 3 is 2.52 bits per heavy atom. The molecule has 5 heteroatoms. The predicted octanol–water partition coefficient (Wildman–Crippen LogP) is 3.98. The highest BCUT2D eigenvalue weighted by Crippen LogP contribution is 2.22. The molecule has 0 saturated carbocycles. The Bertz CT molecular complexity index is 714. The maximum atomic E-state index is 12.5. The summed E-state index contributed by atoms with van der Waals surface area (Å²) in [7, 11) is 0. The molecule has 146 valence electrons. The zero-order chi connectivity index (χ0) is 19.9. The maximum Gasteiger partial charge on any atom is 0.256 e. The molecule has 2 aromatic rings. The summed E-state index contributed by atoms with van der Waals surface area (Å²) in [4.78, 5) is 16.9. The second-order valence-corrected chi connectivity index (χ2v) is 7.26. The van der Waals surface area contributed by atoms with Gasteiger partial charge in [0.15, 0.2) is 5.60 Å². The lowest BCUT2D eigenvalue weighted by Crippen LogP contribution is -2.43. The third-order valence-electron chi connectivity index (χ3n) is 4.64. The van der Waals surface area contributed by atoms with Gasteiger partial charge in [-0.2, -0.15) is 0 Å². The fourth-order valence-corrected chi connectivity index (χ4v) is 2.85. The Morgan fingerprint density at radius 2 is 1.93 bits per heavy atom. The molecule has 0 aliphatic carbocycles. The van der Waals surface area contributed by atoms with Crippen LogP contribution < -0.4 is 10.1 Å². The summed E-state index contributed by atoms with van der Waals surface area (Å²) >= 11 is 0. The first-order valence-corrected chi connectivity index (χ1v) is 9.52. The lowest BCUT2D eigenvalue weighted by Gasteiger charge is -2.25. The highest BCUT2D eigenvalue weighted by Gasteiger charge is 2.33. The zero-order valence-electron chi connectivity index (χ0n) is 16.6. The van der Waals surface area contributed by atoms with E-state index in [2.05, 4.69) is 24.1 Å². The van der Waals surface area contributed by atoms with Crippen LogP contribution in [0.1, 0.15) is 57.8 Å². The maximum absolute atomic E-state index is 12.5. The molecule has 0 aliphatic heterocycles. The average Bonchev–Trinajstić information content (AvgIpc) is 2.67. The zero-order valence-corrected chi connectivity index (χ0v) is 16.6. The van der Waals surface area contributed by atoms with Gasteiger partial charge in [-0.25, -0.2) is 0 Å². The van der Waals surface area contributed by atoms with Crippen LogP contribution in [0.4, 0.5) is 0 Å². The minimum Gasteiger partial charge on any atom is -0.492 e. The number of nitrogens with one attached hydrogen (secondary N) is 1. The van der Waals surface area contributed by atoms with Crippen molar-refractivity contribution in [3.05, 3.63) is 59.9 Å². The normalized spacial score (nSPS) is 15.4. The molecule has 0 saturated heterocycles. The van der Waals surface area contributed by atoms with E-state index >= 15 is 0 Å². The first-order chi connectivity index (χ1) is 12.8. The van der Waals surface area contributed by atoms with Gasteiger partial charge in [0.1, 0.15) is 5.75 Å². The molecule has 0 spiro atoms. The van der Waals surface area contributed by atoms with Crippen molar-refractivity contribution in [2.75, 3.05) is 6.61 Å². The van der Waals surface area contributed by atoms with Crippen molar-refractivity contribution < 1.29 is 14.6 Å². The van der Waals surface area contributed by atoms with Gasteiger partial charge in [-0.1, -0.05) is 50.6 Å². The Labute approximate surface area is 161 Å². The number of aliphatic hydroxyl groups is 1. The molecule has 0 aliphatic rings. The number of pyridine rings is 1. The summed E-state index contributed by atoms with van der Waals surface area (Å²) in [5.74, 6) is 0.765. The number of benzene rings is 1. The highest BCUT2D eigenvalue weighted by molar-refractivity contribution is 5.86. The Kier molecular flexibility index (Phi) is 7.36. The van der Waals surface area contributed by atoms with Gasteiger partial charge in [0.05, 0.1) is 24.5 Å². The first kappa shape index (κ1) is 20.9. The Hall–Kier alpha value is -2.40. The van der Waals surface area contributed by atoms with Gasteiger partial charge in [0, 0.05) is 0 Å². The minimum absolute atomic E-state index is 0.333. The molecule has 2 N–H and O–H groups in total. The van der Waals surface area contributed by atoms with E-state index in [4.69, 9.17) is 4.74 Å². The van der Waals surface area contributed by atoms with Crippen molar-refractivity contribution >= 4 is 5.91 Å². The van der Waals surface area contributed by atoms with Gasteiger partial charge in [-0.3, -0.25) is 9.78 Å². The Morgan fingerprint density at radius 1 is 1.22 bits per heavy atom. The molecule has 27 heavy (non-hydrogen) atoms. The fraction of sp³-hybridized carbons (Fsp3) is 0.455. The molecule has 1 aromatic carbocycles. The average molecular weight is 370 g/mol. The number of ether oxygens (including phenoxy) is 1. The van der Waals surface area contributed by atoms with E-state index in [1.165, 1.54) is 6.92 Å². The fourth-order valence-electron chi connectivity index (χ4n) is 2.85. The van der Waals surface area contributed by atoms with Crippen LogP contribution in [-0.2, 0) is 10.4 Å². The van der Waals surface area contributed by atoms with Crippen LogP contribution in [0.2, 0.25) is 0 Å². The van der Waals surface area contributed by atoms with E-state index in [0.717, 1.165) is 18.6 Å². The number of hydrogen-bond acceptors (Lipinski definition) is 4. The molecule has 1 aromatic heterocycles. The van der Waals surface area contributed by atoms with E-state index in [9.17, 15) is 9.90 Å².